The molecule has 1 aliphatic rings. The molecule has 0 bridgehead atoms. The molecule has 0 saturated carbocycles. The van der Waals surface area contributed by atoms with E-state index in [4.69, 9.17) is 5.73 Å². The first-order valence-electron chi connectivity index (χ1n) is 7.52. The highest BCUT2D eigenvalue weighted by Gasteiger charge is 2.30. The second-order valence-corrected chi connectivity index (χ2v) is 7.38. The van der Waals surface area contributed by atoms with Crippen LogP contribution in [0.25, 0.3) is 10.9 Å². The molecular weight excluding hydrogens is 292 g/mol. The summed E-state index contributed by atoms with van der Waals surface area (Å²) in [4.78, 5) is 4.19. The van der Waals surface area contributed by atoms with E-state index >= 15 is 0 Å². The molecule has 4 rings (SSSR count). The van der Waals surface area contributed by atoms with Gasteiger partial charge in [0.05, 0.1) is 10.8 Å². The van der Waals surface area contributed by atoms with Gasteiger partial charge in [-0.3, -0.25) is 4.21 Å². The van der Waals surface area contributed by atoms with E-state index < -0.39 is 10.8 Å². The lowest BCUT2D eigenvalue weighted by Gasteiger charge is -2.29. The Labute approximate surface area is 132 Å². The summed E-state index contributed by atoms with van der Waals surface area (Å²) in [6, 6.07) is 15.9. The standard InChI is InChI=1S/C18H18N2OS/c19-16-9-12-10-20-17-8-4-7-14(18(12)17)15(16)11-22(21)13-5-2-1-3-6-13/h1-8,10,15-16,20H,9,11,19H2/t15-,16-,22?/m1/s1. The lowest BCUT2D eigenvalue weighted by atomic mass is 9.81. The zero-order valence-corrected chi connectivity index (χ0v) is 13.0. The smallest absolute Gasteiger partial charge is 0.0536 e. The zero-order chi connectivity index (χ0) is 15.1. The first-order valence-corrected chi connectivity index (χ1v) is 8.84. The van der Waals surface area contributed by atoms with Gasteiger partial charge < -0.3 is 10.7 Å². The number of H-pyrrole nitrogens is 1. The maximum atomic E-state index is 12.7. The van der Waals surface area contributed by atoms with Crippen molar-refractivity contribution in [1.29, 1.82) is 0 Å². The number of rotatable bonds is 3. The molecule has 3 atom stereocenters. The molecule has 0 saturated heterocycles. The van der Waals surface area contributed by atoms with Crippen molar-refractivity contribution in [2.45, 2.75) is 23.3 Å². The van der Waals surface area contributed by atoms with E-state index in [0.29, 0.717) is 5.75 Å². The third-order valence-corrected chi connectivity index (χ3v) is 5.99. The highest BCUT2D eigenvalue weighted by atomic mass is 32.2. The van der Waals surface area contributed by atoms with Crippen LogP contribution in [0.5, 0.6) is 0 Å². The average molecular weight is 310 g/mol. The fourth-order valence-corrected chi connectivity index (χ4v) is 4.83. The SMILES string of the molecule is N[C@@H]1Cc2c[nH]c3cccc(c23)[C@H]1CS(=O)c1ccccc1. The molecule has 3 aromatic rings. The molecule has 4 heteroatoms. The average Bonchev–Trinajstić information content (AvgIpc) is 2.96. The van der Waals surface area contributed by atoms with Gasteiger partial charge in [-0.15, -0.1) is 0 Å². The van der Waals surface area contributed by atoms with Crippen LogP contribution in [0.1, 0.15) is 17.0 Å². The number of hydrogen-bond donors (Lipinski definition) is 2. The van der Waals surface area contributed by atoms with Crippen molar-refractivity contribution in [2.75, 3.05) is 5.75 Å². The topological polar surface area (TPSA) is 58.9 Å². The van der Waals surface area contributed by atoms with Crippen LogP contribution < -0.4 is 5.73 Å². The largest absolute Gasteiger partial charge is 0.361 e. The molecule has 0 aliphatic heterocycles. The summed E-state index contributed by atoms with van der Waals surface area (Å²) >= 11 is 0. The van der Waals surface area contributed by atoms with Gasteiger partial charge in [0.2, 0.25) is 0 Å². The fraction of sp³-hybridized carbons (Fsp3) is 0.222. The molecule has 3 N–H and O–H groups in total. The molecule has 1 aliphatic carbocycles. The number of hydrogen-bond acceptors (Lipinski definition) is 2. The molecule has 1 aromatic heterocycles. The maximum absolute atomic E-state index is 12.7. The quantitative estimate of drug-likeness (QED) is 0.781. The van der Waals surface area contributed by atoms with Crippen molar-refractivity contribution in [2.24, 2.45) is 5.73 Å². The summed E-state index contributed by atoms with van der Waals surface area (Å²) in [5, 5.41) is 1.28. The summed E-state index contributed by atoms with van der Waals surface area (Å²) in [6.07, 6.45) is 2.89. The van der Waals surface area contributed by atoms with E-state index in [1.54, 1.807) is 0 Å². The summed E-state index contributed by atoms with van der Waals surface area (Å²) in [6.45, 7) is 0. The number of nitrogens with one attached hydrogen (secondary N) is 1. The van der Waals surface area contributed by atoms with Crippen molar-refractivity contribution in [1.82, 2.24) is 4.98 Å². The third kappa shape index (κ3) is 2.19. The highest BCUT2D eigenvalue weighted by Crippen LogP contribution is 2.37. The van der Waals surface area contributed by atoms with Gasteiger partial charge >= 0.3 is 0 Å². The van der Waals surface area contributed by atoms with E-state index in [9.17, 15) is 4.21 Å². The molecule has 3 nitrogen and oxygen atoms in total. The fourth-order valence-electron chi connectivity index (χ4n) is 3.43. The first-order chi connectivity index (χ1) is 10.7. The van der Waals surface area contributed by atoms with Crippen LogP contribution in [0.3, 0.4) is 0 Å². The predicted octanol–water partition coefficient (Wildman–Crippen LogP) is 2.94. The second kappa shape index (κ2) is 5.38. The van der Waals surface area contributed by atoms with Gasteiger partial charge in [-0.05, 0) is 35.7 Å². The Morgan fingerprint density at radius 3 is 2.77 bits per heavy atom. The Bertz CT molecular complexity index is 841. The van der Waals surface area contributed by atoms with Crippen LogP contribution in [0, 0.1) is 0 Å². The monoisotopic (exact) mass is 310 g/mol. The van der Waals surface area contributed by atoms with Crippen LogP contribution in [-0.4, -0.2) is 21.0 Å². The molecule has 1 unspecified atom stereocenters. The van der Waals surface area contributed by atoms with Crippen LogP contribution in [-0.2, 0) is 17.2 Å². The van der Waals surface area contributed by atoms with E-state index in [-0.39, 0.29) is 12.0 Å². The lowest BCUT2D eigenvalue weighted by Crippen LogP contribution is -2.36. The van der Waals surface area contributed by atoms with Gasteiger partial charge in [-0.2, -0.15) is 0 Å². The molecule has 112 valence electrons. The normalized spacial score (nSPS) is 21.9. The van der Waals surface area contributed by atoms with Crippen molar-refractivity contribution >= 4 is 21.7 Å². The number of aromatic nitrogens is 1. The number of benzene rings is 2. The minimum Gasteiger partial charge on any atom is -0.361 e. The summed E-state index contributed by atoms with van der Waals surface area (Å²) < 4.78 is 12.7. The van der Waals surface area contributed by atoms with Crippen molar-refractivity contribution in [3.05, 3.63) is 65.9 Å². The second-order valence-electron chi connectivity index (χ2n) is 5.88. The molecule has 2 aromatic carbocycles. The van der Waals surface area contributed by atoms with Gasteiger partial charge in [-0.25, -0.2) is 0 Å². The number of aromatic amines is 1. The Kier molecular flexibility index (Phi) is 3.36. The lowest BCUT2D eigenvalue weighted by molar-refractivity contribution is 0.557. The molecule has 0 amide bonds. The minimum absolute atomic E-state index is 0.0153. The first kappa shape index (κ1) is 13.7. The van der Waals surface area contributed by atoms with Crippen molar-refractivity contribution in [3.63, 3.8) is 0 Å². The van der Waals surface area contributed by atoms with Crippen LogP contribution >= 0.6 is 0 Å². The minimum atomic E-state index is -1.03. The predicted molar refractivity (Wildman–Crippen MR) is 90.4 cm³/mol. The number of nitrogens with two attached hydrogens (primary N) is 1. The summed E-state index contributed by atoms with van der Waals surface area (Å²) in [5.74, 6) is 0.711. The van der Waals surface area contributed by atoms with E-state index in [1.165, 1.54) is 16.5 Å². The maximum Gasteiger partial charge on any atom is 0.0536 e. The molecule has 0 spiro atoms. The highest BCUT2D eigenvalue weighted by molar-refractivity contribution is 7.85. The van der Waals surface area contributed by atoms with Gasteiger partial charge in [-0.1, -0.05) is 30.3 Å². The van der Waals surface area contributed by atoms with Crippen molar-refractivity contribution < 1.29 is 4.21 Å². The Hall–Kier alpha value is -1.91. The Morgan fingerprint density at radius 1 is 1.14 bits per heavy atom. The Balaban J connectivity index is 1.72. The van der Waals surface area contributed by atoms with E-state index in [2.05, 4.69) is 29.4 Å². The third-order valence-electron chi connectivity index (χ3n) is 4.53. The molecule has 22 heavy (non-hydrogen) atoms. The molecule has 1 heterocycles. The summed E-state index contributed by atoms with van der Waals surface area (Å²) in [5.41, 5.74) is 10.1. The molecule has 0 radical (unpaired) electrons. The van der Waals surface area contributed by atoms with E-state index in [1.807, 2.05) is 30.3 Å². The van der Waals surface area contributed by atoms with Gasteiger partial charge in [0.25, 0.3) is 0 Å². The summed E-state index contributed by atoms with van der Waals surface area (Å²) in [7, 11) is -1.03. The van der Waals surface area contributed by atoms with Gasteiger partial charge in [0.15, 0.2) is 0 Å². The Morgan fingerprint density at radius 2 is 1.95 bits per heavy atom. The molecule has 0 fully saturated rings. The van der Waals surface area contributed by atoms with Crippen LogP contribution in [0.2, 0.25) is 0 Å². The van der Waals surface area contributed by atoms with Gasteiger partial charge in [0.1, 0.15) is 0 Å². The molecular formula is C18H18N2OS. The van der Waals surface area contributed by atoms with Crippen LogP contribution in [0.15, 0.2) is 59.6 Å². The van der Waals surface area contributed by atoms with Gasteiger partial charge in [0, 0.05) is 39.7 Å². The zero-order valence-electron chi connectivity index (χ0n) is 12.2. The van der Waals surface area contributed by atoms with Crippen LogP contribution in [0.4, 0.5) is 0 Å². The van der Waals surface area contributed by atoms with E-state index in [0.717, 1.165) is 16.8 Å². The van der Waals surface area contributed by atoms with Crippen molar-refractivity contribution in [3.8, 4) is 0 Å².